The zero-order chi connectivity index (χ0) is 25.1. The molecule has 1 N–H and O–H groups in total. The number of rotatable bonds is 7. The highest BCUT2D eigenvalue weighted by molar-refractivity contribution is 7.89. The molecule has 7 nitrogen and oxygen atoms in total. The first-order valence-electron chi connectivity index (χ1n) is 12.4. The van der Waals surface area contributed by atoms with Gasteiger partial charge in [0.25, 0.3) is 0 Å². The van der Waals surface area contributed by atoms with Crippen LogP contribution >= 0.6 is 0 Å². The number of anilines is 2. The maximum absolute atomic E-state index is 13.2. The van der Waals surface area contributed by atoms with E-state index in [1.807, 2.05) is 66.7 Å². The van der Waals surface area contributed by atoms with Crippen LogP contribution in [0.3, 0.4) is 0 Å². The van der Waals surface area contributed by atoms with Crippen LogP contribution in [0.15, 0.2) is 83.8 Å². The Hall–Kier alpha value is -3.33. The van der Waals surface area contributed by atoms with Crippen molar-refractivity contribution in [3.63, 3.8) is 0 Å². The first kappa shape index (κ1) is 24.4. The number of sulfonamides is 1. The van der Waals surface area contributed by atoms with Gasteiger partial charge in [-0.15, -0.1) is 0 Å². The molecule has 2 heterocycles. The lowest BCUT2D eigenvalue weighted by Crippen LogP contribution is -2.49. The van der Waals surface area contributed by atoms with E-state index in [0.29, 0.717) is 31.1 Å². The minimum Gasteiger partial charge on any atom is -0.340 e. The molecule has 1 aliphatic rings. The molecule has 186 valence electrons. The molecule has 0 spiro atoms. The number of piperazine rings is 1. The van der Waals surface area contributed by atoms with Gasteiger partial charge in [-0.05, 0) is 55.3 Å². The predicted molar refractivity (Wildman–Crippen MR) is 144 cm³/mol. The monoisotopic (exact) mass is 501 g/mol. The number of para-hydroxylation sites is 2. The van der Waals surface area contributed by atoms with Crippen LogP contribution in [0.25, 0.3) is 10.9 Å². The van der Waals surface area contributed by atoms with Gasteiger partial charge in [-0.1, -0.05) is 49.4 Å². The largest absolute Gasteiger partial charge is 0.340 e. The van der Waals surface area contributed by atoms with Crippen LogP contribution in [0.2, 0.25) is 0 Å². The lowest BCUT2D eigenvalue weighted by Gasteiger charge is -2.36. The fourth-order valence-electron chi connectivity index (χ4n) is 4.58. The van der Waals surface area contributed by atoms with Crippen LogP contribution < -0.4 is 5.32 Å². The van der Waals surface area contributed by atoms with Crippen LogP contribution in [0, 0.1) is 0 Å². The van der Waals surface area contributed by atoms with Gasteiger partial charge in [-0.2, -0.15) is 4.31 Å². The lowest BCUT2D eigenvalue weighted by atomic mass is 10.2. The highest BCUT2D eigenvalue weighted by atomic mass is 32.2. The molecule has 0 saturated carbocycles. The molecule has 3 aromatic carbocycles. The molecule has 1 atom stereocenters. The van der Waals surface area contributed by atoms with Gasteiger partial charge in [0.2, 0.25) is 10.0 Å². The summed E-state index contributed by atoms with van der Waals surface area (Å²) in [5.74, 6) is 1.49. The lowest BCUT2D eigenvalue weighted by molar-refractivity contribution is 0.141. The molecule has 1 aliphatic heterocycles. The van der Waals surface area contributed by atoms with Crippen LogP contribution in [0.1, 0.15) is 31.3 Å². The van der Waals surface area contributed by atoms with E-state index in [-0.39, 0.29) is 6.04 Å². The third-order valence-electron chi connectivity index (χ3n) is 6.82. The fourth-order valence-corrected chi connectivity index (χ4v) is 6.00. The fraction of sp³-hybridized carbons (Fsp3) is 0.286. The molecule has 36 heavy (non-hydrogen) atoms. The highest BCUT2D eigenvalue weighted by Gasteiger charge is 2.31. The first-order chi connectivity index (χ1) is 17.5. The zero-order valence-electron chi connectivity index (χ0n) is 20.6. The number of fused-ring (bicyclic) bond motifs is 1. The second-order valence-electron chi connectivity index (χ2n) is 9.05. The van der Waals surface area contributed by atoms with Crippen molar-refractivity contribution in [1.29, 1.82) is 0 Å². The van der Waals surface area contributed by atoms with Crippen molar-refractivity contribution >= 4 is 32.4 Å². The summed E-state index contributed by atoms with van der Waals surface area (Å²) in [7, 11) is -3.51. The number of hydrogen-bond acceptors (Lipinski definition) is 6. The average Bonchev–Trinajstić information content (AvgIpc) is 2.93. The molecule has 1 aromatic heterocycles. The van der Waals surface area contributed by atoms with Crippen molar-refractivity contribution < 1.29 is 8.42 Å². The van der Waals surface area contributed by atoms with E-state index in [2.05, 4.69) is 24.1 Å². The maximum Gasteiger partial charge on any atom is 0.243 e. The van der Waals surface area contributed by atoms with Gasteiger partial charge in [-0.25, -0.2) is 18.4 Å². The number of hydrogen-bond donors (Lipinski definition) is 1. The Bertz CT molecular complexity index is 1430. The van der Waals surface area contributed by atoms with Crippen LogP contribution in [-0.2, 0) is 16.4 Å². The molecule has 4 aromatic rings. The highest BCUT2D eigenvalue weighted by Crippen LogP contribution is 2.28. The second-order valence-corrected chi connectivity index (χ2v) is 11.0. The predicted octanol–water partition coefficient (Wildman–Crippen LogP) is 5.00. The van der Waals surface area contributed by atoms with Gasteiger partial charge in [0, 0.05) is 37.3 Å². The van der Waals surface area contributed by atoms with Gasteiger partial charge in [-0.3, -0.25) is 4.90 Å². The maximum atomic E-state index is 13.2. The molecule has 5 rings (SSSR count). The number of aromatic nitrogens is 2. The van der Waals surface area contributed by atoms with Crippen molar-refractivity contribution in [1.82, 2.24) is 19.2 Å². The summed E-state index contributed by atoms with van der Waals surface area (Å²) in [4.78, 5) is 12.4. The van der Waals surface area contributed by atoms with E-state index in [1.165, 1.54) is 0 Å². The van der Waals surface area contributed by atoms with Gasteiger partial charge in [0.15, 0.2) is 0 Å². The van der Waals surface area contributed by atoms with Gasteiger partial charge >= 0.3 is 0 Å². The minimum absolute atomic E-state index is 0.0559. The number of nitrogens with one attached hydrogen (secondary N) is 1. The molecular weight excluding hydrogens is 470 g/mol. The van der Waals surface area contributed by atoms with E-state index in [1.54, 1.807) is 16.4 Å². The number of aryl methyl sites for hydroxylation is 1. The zero-order valence-corrected chi connectivity index (χ0v) is 21.4. The Labute approximate surface area is 212 Å². The molecule has 1 fully saturated rings. The van der Waals surface area contributed by atoms with Crippen LogP contribution in [0.4, 0.5) is 11.5 Å². The summed E-state index contributed by atoms with van der Waals surface area (Å²) in [5, 5.41) is 4.40. The Morgan fingerprint density at radius 2 is 1.53 bits per heavy atom. The molecule has 8 heteroatoms. The first-order valence-corrected chi connectivity index (χ1v) is 13.8. The summed E-state index contributed by atoms with van der Waals surface area (Å²) in [6.07, 6.45) is 0.885. The van der Waals surface area contributed by atoms with Gasteiger partial charge < -0.3 is 5.32 Å². The van der Waals surface area contributed by atoms with Crippen molar-refractivity contribution in [3.8, 4) is 0 Å². The van der Waals surface area contributed by atoms with Crippen LogP contribution in [-0.4, -0.2) is 53.8 Å². The molecule has 1 saturated heterocycles. The summed E-state index contributed by atoms with van der Waals surface area (Å²) in [6, 6.07) is 25.1. The second kappa shape index (κ2) is 10.3. The molecule has 1 unspecified atom stereocenters. The summed E-state index contributed by atoms with van der Waals surface area (Å²) in [5.41, 5.74) is 2.97. The summed E-state index contributed by atoms with van der Waals surface area (Å²) >= 11 is 0. The number of nitrogens with zero attached hydrogens (tertiary/aromatic N) is 4. The Kier molecular flexibility index (Phi) is 7.00. The number of benzene rings is 3. The van der Waals surface area contributed by atoms with Crippen molar-refractivity contribution in [2.75, 3.05) is 31.5 Å². The Morgan fingerprint density at radius 3 is 2.22 bits per heavy atom. The van der Waals surface area contributed by atoms with E-state index in [9.17, 15) is 8.42 Å². The normalized spacial score (nSPS) is 16.2. The third-order valence-corrected chi connectivity index (χ3v) is 8.73. The van der Waals surface area contributed by atoms with Crippen molar-refractivity contribution in [3.05, 3.63) is 90.3 Å². The van der Waals surface area contributed by atoms with Gasteiger partial charge in [0.05, 0.1) is 16.5 Å². The summed E-state index contributed by atoms with van der Waals surface area (Å²) in [6.45, 7) is 6.25. The third kappa shape index (κ3) is 4.97. The Morgan fingerprint density at radius 1 is 0.861 bits per heavy atom. The Balaban J connectivity index is 1.34. The van der Waals surface area contributed by atoms with Crippen LogP contribution in [0.5, 0.6) is 0 Å². The molecule has 0 aliphatic carbocycles. The topological polar surface area (TPSA) is 78.4 Å². The smallest absolute Gasteiger partial charge is 0.243 e. The quantitative estimate of drug-likeness (QED) is 0.384. The summed E-state index contributed by atoms with van der Waals surface area (Å²) < 4.78 is 27.9. The van der Waals surface area contributed by atoms with E-state index in [0.717, 1.165) is 40.2 Å². The van der Waals surface area contributed by atoms with Crippen molar-refractivity contribution in [2.45, 2.75) is 31.2 Å². The standard InChI is InChI=1S/C28H31N5O2S/c1-3-22-13-15-24(16-14-22)36(34,35)33-19-17-32(18-20-33)21(2)27-30-26-12-8-7-11-25(26)28(31-27)29-23-9-5-4-6-10-23/h4-16,21H,3,17-20H2,1-2H3,(H,29,30,31). The molecule has 0 radical (unpaired) electrons. The van der Waals surface area contributed by atoms with E-state index in [4.69, 9.17) is 9.97 Å². The molecule has 0 amide bonds. The average molecular weight is 502 g/mol. The SMILES string of the molecule is CCc1ccc(S(=O)(=O)N2CCN(C(C)c3nc(Nc4ccccc4)c4ccccc4n3)CC2)cc1. The van der Waals surface area contributed by atoms with E-state index < -0.39 is 10.0 Å². The molecule has 0 bridgehead atoms. The molecular formula is C28H31N5O2S. The van der Waals surface area contributed by atoms with Crippen molar-refractivity contribution in [2.24, 2.45) is 0 Å². The minimum atomic E-state index is -3.51. The van der Waals surface area contributed by atoms with E-state index >= 15 is 0 Å². The van der Waals surface area contributed by atoms with Gasteiger partial charge in [0.1, 0.15) is 11.6 Å².